The highest BCUT2D eigenvalue weighted by molar-refractivity contribution is 5.92. The number of hydrogen-bond donors (Lipinski definition) is 0. The van der Waals surface area contributed by atoms with E-state index in [-0.39, 0.29) is 11.9 Å². The number of hydrogen-bond acceptors (Lipinski definition) is 6. The molecule has 164 valence electrons. The maximum atomic E-state index is 13.1. The van der Waals surface area contributed by atoms with Gasteiger partial charge in [-0.15, -0.1) is 0 Å². The summed E-state index contributed by atoms with van der Waals surface area (Å²) in [5.74, 6) is 2.62. The van der Waals surface area contributed by atoms with Gasteiger partial charge in [0.2, 0.25) is 0 Å². The molecule has 2 aromatic rings. The summed E-state index contributed by atoms with van der Waals surface area (Å²) < 4.78 is 0. The monoisotopic (exact) mass is 420 g/mol. The molecule has 7 heteroatoms. The van der Waals surface area contributed by atoms with Crippen molar-refractivity contribution in [1.82, 2.24) is 24.8 Å². The average Bonchev–Trinajstić information content (AvgIpc) is 3.30. The number of aromatic nitrogens is 4. The van der Waals surface area contributed by atoms with Gasteiger partial charge in [0.05, 0.1) is 12.2 Å². The lowest BCUT2D eigenvalue weighted by atomic mass is 9.88. The molecule has 0 radical (unpaired) electrons. The zero-order valence-electron chi connectivity index (χ0n) is 18.5. The predicted octanol–water partition coefficient (Wildman–Crippen LogP) is 3.89. The topological polar surface area (TPSA) is 75.1 Å². The molecule has 0 aromatic carbocycles. The normalized spacial score (nSPS) is 21.9. The van der Waals surface area contributed by atoms with Crippen molar-refractivity contribution in [2.75, 3.05) is 24.5 Å². The Morgan fingerprint density at radius 2 is 1.90 bits per heavy atom. The summed E-state index contributed by atoms with van der Waals surface area (Å²) in [5.41, 5.74) is 2.77. The van der Waals surface area contributed by atoms with E-state index in [0.29, 0.717) is 12.2 Å². The molecule has 0 unspecified atom stereocenters. The van der Waals surface area contributed by atoms with E-state index >= 15 is 0 Å². The summed E-state index contributed by atoms with van der Waals surface area (Å²) in [6.45, 7) is 5.01. The van der Waals surface area contributed by atoms with E-state index in [1.807, 2.05) is 4.90 Å². The standard InChI is InChI=1S/C24H32N6O/c1-17-19-9-5-13-29(16-18-7-3-2-4-8-18)23(19)28-22(27-17)21-10-6-14-30(21)24(31)20-15-25-11-12-26-20/h11-12,15,18,21H,2-10,13-14,16H2,1H3/t21-/m0/s1. The van der Waals surface area contributed by atoms with Gasteiger partial charge in [0.15, 0.2) is 5.82 Å². The zero-order valence-corrected chi connectivity index (χ0v) is 18.5. The van der Waals surface area contributed by atoms with E-state index in [1.165, 1.54) is 44.1 Å². The molecule has 1 aliphatic carbocycles. The van der Waals surface area contributed by atoms with Crippen LogP contribution in [0.5, 0.6) is 0 Å². The molecular weight excluding hydrogens is 388 g/mol. The quantitative estimate of drug-likeness (QED) is 0.747. The second-order valence-corrected chi connectivity index (χ2v) is 9.27. The summed E-state index contributed by atoms with van der Waals surface area (Å²) in [5, 5.41) is 0. The number of carbonyl (C=O) groups excluding carboxylic acids is 1. The third-order valence-corrected chi connectivity index (χ3v) is 7.16. The molecule has 3 aliphatic rings. The fourth-order valence-corrected chi connectivity index (χ4v) is 5.55. The van der Waals surface area contributed by atoms with Crippen LogP contribution in [0.1, 0.15) is 85.0 Å². The van der Waals surface area contributed by atoms with Gasteiger partial charge < -0.3 is 9.80 Å². The Balaban J connectivity index is 1.42. The van der Waals surface area contributed by atoms with Crippen LogP contribution in [0.25, 0.3) is 0 Å². The minimum atomic E-state index is -0.0861. The largest absolute Gasteiger partial charge is 0.356 e. The first-order valence-electron chi connectivity index (χ1n) is 11.9. The van der Waals surface area contributed by atoms with Crippen LogP contribution in [0.3, 0.4) is 0 Å². The molecule has 5 rings (SSSR count). The van der Waals surface area contributed by atoms with Crippen LogP contribution >= 0.6 is 0 Å². The molecular formula is C24H32N6O. The number of amides is 1. The van der Waals surface area contributed by atoms with Gasteiger partial charge >= 0.3 is 0 Å². The predicted molar refractivity (Wildman–Crippen MR) is 119 cm³/mol. The van der Waals surface area contributed by atoms with E-state index in [1.54, 1.807) is 18.6 Å². The van der Waals surface area contributed by atoms with Gasteiger partial charge in [-0.2, -0.15) is 0 Å². The lowest BCUT2D eigenvalue weighted by Gasteiger charge is -2.35. The molecule has 0 bridgehead atoms. The first-order valence-corrected chi connectivity index (χ1v) is 11.9. The smallest absolute Gasteiger partial charge is 0.274 e. The Kier molecular flexibility index (Phi) is 5.83. The number of carbonyl (C=O) groups is 1. The van der Waals surface area contributed by atoms with Gasteiger partial charge in [0.1, 0.15) is 11.5 Å². The second-order valence-electron chi connectivity index (χ2n) is 9.27. The Morgan fingerprint density at radius 3 is 2.71 bits per heavy atom. The second kappa shape index (κ2) is 8.89. The zero-order chi connectivity index (χ0) is 21.2. The molecule has 1 amide bonds. The van der Waals surface area contributed by atoms with Gasteiger partial charge in [-0.25, -0.2) is 15.0 Å². The van der Waals surface area contributed by atoms with Crippen molar-refractivity contribution >= 4 is 11.7 Å². The Morgan fingerprint density at radius 1 is 1.03 bits per heavy atom. The van der Waals surface area contributed by atoms with E-state index in [4.69, 9.17) is 9.97 Å². The summed E-state index contributed by atoms with van der Waals surface area (Å²) >= 11 is 0. The maximum absolute atomic E-state index is 13.1. The lowest BCUT2D eigenvalue weighted by molar-refractivity contribution is 0.0723. The van der Waals surface area contributed by atoms with E-state index < -0.39 is 0 Å². The summed E-state index contributed by atoms with van der Waals surface area (Å²) in [4.78, 5) is 35.8. The minimum absolute atomic E-state index is 0.0753. The number of rotatable bonds is 4. The summed E-state index contributed by atoms with van der Waals surface area (Å²) in [7, 11) is 0. The van der Waals surface area contributed by atoms with Crippen LogP contribution in [0.15, 0.2) is 18.6 Å². The Bertz CT molecular complexity index is 927. The fourth-order valence-electron chi connectivity index (χ4n) is 5.55. The SMILES string of the molecule is Cc1nc([C@@H]2CCCN2C(=O)c2cnccn2)nc2c1CCCN2CC1CCCCC1. The fraction of sp³-hybridized carbons (Fsp3) is 0.625. The van der Waals surface area contributed by atoms with Gasteiger partial charge in [-0.1, -0.05) is 19.3 Å². The van der Waals surface area contributed by atoms with Crippen molar-refractivity contribution in [2.24, 2.45) is 5.92 Å². The van der Waals surface area contributed by atoms with Crippen LogP contribution in [0.4, 0.5) is 5.82 Å². The Labute approximate surface area is 184 Å². The van der Waals surface area contributed by atoms with Crippen molar-refractivity contribution in [3.05, 3.63) is 41.4 Å². The van der Waals surface area contributed by atoms with Crippen molar-refractivity contribution in [2.45, 2.75) is 70.8 Å². The molecule has 2 aromatic heterocycles. The third-order valence-electron chi connectivity index (χ3n) is 7.16. The number of fused-ring (bicyclic) bond motifs is 1. The molecule has 1 saturated heterocycles. The Hall–Kier alpha value is -2.57. The molecule has 4 heterocycles. The van der Waals surface area contributed by atoms with Crippen molar-refractivity contribution < 1.29 is 4.79 Å². The van der Waals surface area contributed by atoms with Crippen LogP contribution in [-0.4, -0.2) is 50.4 Å². The molecule has 2 fully saturated rings. The molecule has 1 saturated carbocycles. The van der Waals surface area contributed by atoms with Crippen LogP contribution in [0, 0.1) is 12.8 Å². The first kappa shape index (κ1) is 20.3. The highest BCUT2D eigenvalue weighted by Gasteiger charge is 2.35. The van der Waals surface area contributed by atoms with Crippen LogP contribution in [-0.2, 0) is 6.42 Å². The van der Waals surface area contributed by atoms with Crippen molar-refractivity contribution in [1.29, 1.82) is 0 Å². The maximum Gasteiger partial charge on any atom is 0.274 e. The van der Waals surface area contributed by atoms with Gasteiger partial charge in [-0.3, -0.25) is 9.78 Å². The highest BCUT2D eigenvalue weighted by atomic mass is 16.2. The lowest BCUT2D eigenvalue weighted by Crippen LogP contribution is -2.37. The van der Waals surface area contributed by atoms with Gasteiger partial charge in [0.25, 0.3) is 5.91 Å². The van der Waals surface area contributed by atoms with Gasteiger partial charge in [0, 0.05) is 43.3 Å². The van der Waals surface area contributed by atoms with E-state index in [0.717, 1.165) is 55.6 Å². The number of aryl methyl sites for hydroxylation is 1. The van der Waals surface area contributed by atoms with Crippen molar-refractivity contribution in [3.63, 3.8) is 0 Å². The number of anilines is 1. The summed E-state index contributed by atoms with van der Waals surface area (Å²) in [6.07, 6.45) is 15.6. The van der Waals surface area contributed by atoms with Crippen LogP contribution in [0.2, 0.25) is 0 Å². The third kappa shape index (κ3) is 4.14. The number of nitrogens with zero attached hydrogens (tertiary/aromatic N) is 6. The number of likely N-dealkylation sites (tertiary alicyclic amines) is 1. The molecule has 2 aliphatic heterocycles. The first-order chi connectivity index (χ1) is 15.2. The molecule has 0 spiro atoms. The van der Waals surface area contributed by atoms with Crippen molar-refractivity contribution in [3.8, 4) is 0 Å². The summed E-state index contributed by atoms with van der Waals surface area (Å²) in [6, 6.07) is -0.0861. The highest BCUT2D eigenvalue weighted by Crippen LogP contribution is 2.36. The molecule has 31 heavy (non-hydrogen) atoms. The molecule has 1 atom stereocenters. The molecule has 7 nitrogen and oxygen atoms in total. The van der Waals surface area contributed by atoms with E-state index in [2.05, 4.69) is 21.8 Å². The molecule has 0 N–H and O–H groups in total. The minimum Gasteiger partial charge on any atom is -0.356 e. The average molecular weight is 421 g/mol. The van der Waals surface area contributed by atoms with Gasteiger partial charge in [-0.05, 0) is 51.4 Å². The van der Waals surface area contributed by atoms with Crippen LogP contribution < -0.4 is 4.90 Å². The van der Waals surface area contributed by atoms with E-state index in [9.17, 15) is 4.79 Å².